The first kappa shape index (κ1) is 23.9. The molecule has 3 heterocycles. The van der Waals surface area contributed by atoms with Crippen LogP contribution in [0.2, 0.25) is 0 Å². The summed E-state index contributed by atoms with van der Waals surface area (Å²) in [6.45, 7) is 11.0. The highest BCUT2D eigenvalue weighted by molar-refractivity contribution is 5.74. The van der Waals surface area contributed by atoms with Gasteiger partial charge in [-0.1, -0.05) is 25.2 Å². The number of ether oxygens (including phenoxy) is 3. The Hall–Kier alpha value is -2.25. The number of carbonyl (C=O) groups excluding carboxylic acids is 1. The molecule has 2 saturated heterocycles. The third-order valence-electron chi connectivity index (χ3n) is 7.13. The number of likely N-dealkylation sites (tertiary alicyclic amines) is 1. The van der Waals surface area contributed by atoms with Gasteiger partial charge in [0.15, 0.2) is 5.76 Å². The Morgan fingerprint density at radius 2 is 1.91 bits per heavy atom. The van der Waals surface area contributed by atoms with Crippen molar-refractivity contribution in [1.82, 2.24) is 14.7 Å². The van der Waals surface area contributed by atoms with Crippen LogP contribution in [-0.2, 0) is 14.2 Å². The van der Waals surface area contributed by atoms with E-state index in [0.717, 1.165) is 69.8 Å². The molecule has 1 atom stereocenters. The van der Waals surface area contributed by atoms with Crippen molar-refractivity contribution in [3.05, 3.63) is 47.8 Å². The molecular weight excluding hydrogens is 418 g/mol. The zero-order chi connectivity index (χ0) is 23.0. The predicted octanol–water partition coefficient (Wildman–Crippen LogP) is 4.26. The highest BCUT2D eigenvalue weighted by atomic mass is 16.5. The van der Waals surface area contributed by atoms with Gasteiger partial charge in [0.2, 0.25) is 0 Å². The largest absolute Gasteiger partial charge is 0.465 e. The Kier molecular flexibility index (Phi) is 8.51. The molecule has 7 nitrogen and oxygen atoms in total. The first-order valence-electron chi connectivity index (χ1n) is 12.6. The Morgan fingerprint density at radius 3 is 2.61 bits per heavy atom. The summed E-state index contributed by atoms with van der Waals surface area (Å²) < 4.78 is 17.2. The van der Waals surface area contributed by atoms with Crippen molar-refractivity contribution in [2.24, 2.45) is 5.92 Å². The van der Waals surface area contributed by atoms with Crippen LogP contribution in [-0.4, -0.2) is 79.3 Å². The molecule has 0 spiro atoms. The molecule has 0 aromatic rings. The van der Waals surface area contributed by atoms with Gasteiger partial charge in [-0.25, -0.2) is 4.79 Å². The SMILES string of the molecule is CCN(CC1CCN(C(=O)N2CCOCC2)CC1)C(C)CC1=COC=C(C2=CC=CCC2)O1. The molecule has 0 saturated carbocycles. The van der Waals surface area contributed by atoms with Gasteiger partial charge in [-0.3, -0.25) is 0 Å². The average molecular weight is 458 g/mol. The fraction of sp³-hybridized carbons (Fsp3) is 0.654. The molecule has 182 valence electrons. The van der Waals surface area contributed by atoms with Gasteiger partial charge in [-0.05, 0) is 50.6 Å². The average Bonchev–Trinajstić information content (AvgIpc) is 2.88. The normalized spacial score (nSPS) is 22.8. The lowest BCUT2D eigenvalue weighted by molar-refractivity contribution is 0.0386. The van der Waals surface area contributed by atoms with Crippen molar-refractivity contribution in [1.29, 1.82) is 0 Å². The van der Waals surface area contributed by atoms with Gasteiger partial charge < -0.3 is 28.9 Å². The van der Waals surface area contributed by atoms with Crippen LogP contribution in [0.4, 0.5) is 4.79 Å². The van der Waals surface area contributed by atoms with E-state index in [9.17, 15) is 4.79 Å². The first-order valence-corrected chi connectivity index (χ1v) is 12.6. The molecule has 2 fully saturated rings. The molecule has 0 bridgehead atoms. The monoisotopic (exact) mass is 457 g/mol. The van der Waals surface area contributed by atoms with E-state index in [1.165, 1.54) is 5.57 Å². The number of urea groups is 1. The second-order valence-corrected chi connectivity index (χ2v) is 9.42. The molecule has 0 aromatic carbocycles. The second-order valence-electron chi connectivity index (χ2n) is 9.42. The lowest BCUT2D eigenvalue weighted by Crippen LogP contribution is -2.51. The summed E-state index contributed by atoms with van der Waals surface area (Å²) >= 11 is 0. The van der Waals surface area contributed by atoms with Crippen molar-refractivity contribution in [3.8, 4) is 0 Å². The number of piperidine rings is 1. The third-order valence-corrected chi connectivity index (χ3v) is 7.13. The van der Waals surface area contributed by atoms with Gasteiger partial charge in [-0.15, -0.1) is 0 Å². The van der Waals surface area contributed by atoms with Crippen molar-refractivity contribution in [2.75, 3.05) is 52.5 Å². The number of nitrogens with zero attached hydrogens (tertiary/aromatic N) is 3. The van der Waals surface area contributed by atoms with Gasteiger partial charge in [0.05, 0.1) is 13.2 Å². The quantitative estimate of drug-likeness (QED) is 0.572. The molecular formula is C26H39N3O4. The van der Waals surface area contributed by atoms with E-state index < -0.39 is 0 Å². The molecule has 4 aliphatic rings. The fourth-order valence-electron chi connectivity index (χ4n) is 5.03. The molecule has 0 radical (unpaired) electrons. The molecule has 1 aliphatic carbocycles. The summed E-state index contributed by atoms with van der Waals surface area (Å²) in [5, 5.41) is 0. The number of morpholine rings is 1. The number of allylic oxidation sites excluding steroid dienone is 4. The molecule has 1 unspecified atom stereocenters. The highest BCUT2D eigenvalue weighted by Crippen LogP contribution is 2.29. The summed E-state index contributed by atoms with van der Waals surface area (Å²) in [6.07, 6.45) is 14.8. The zero-order valence-electron chi connectivity index (χ0n) is 20.2. The van der Waals surface area contributed by atoms with E-state index in [4.69, 9.17) is 14.2 Å². The maximum absolute atomic E-state index is 12.8. The van der Waals surface area contributed by atoms with E-state index in [-0.39, 0.29) is 6.03 Å². The number of amides is 2. The Morgan fingerprint density at radius 1 is 1.15 bits per heavy atom. The minimum atomic E-state index is 0.186. The number of carbonyl (C=O) groups is 1. The predicted molar refractivity (Wildman–Crippen MR) is 128 cm³/mol. The van der Waals surface area contributed by atoms with E-state index in [1.807, 2.05) is 9.80 Å². The Labute approximate surface area is 198 Å². The topological polar surface area (TPSA) is 54.5 Å². The van der Waals surface area contributed by atoms with Gasteiger partial charge in [-0.2, -0.15) is 0 Å². The maximum Gasteiger partial charge on any atom is 0.320 e. The van der Waals surface area contributed by atoms with E-state index in [2.05, 4.69) is 37.0 Å². The first-order chi connectivity index (χ1) is 16.1. The summed E-state index contributed by atoms with van der Waals surface area (Å²) in [5.41, 5.74) is 1.20. The van der Waals surface area contributed by atoms with Crippen molar-refractivity contribution in [3.63, 3.8) is 0 Å². The summed E-state index contributed by atoms with van der Waals surface area (Å²) in [7, 11) is 0. The number of rotatable bonds is 7. The van der Waals surface area contributed by atoms with E-state index in [1.54, 1.807) is 12.5 Å². The minimum absolute atomic E-state index is 0.186. The maximum atomic E-state index is 12.8. The van der Waals surface area contributed by atoms with E-state index >= 15 is 0 Å². The van der Waals surface area contributed by atoms with Crippen LogP contribution in [0.15, 0.2) is 47.8 Å². The van der Waals surface area contributed by atoms with Gasteiger partial charge in [0, 0.05) is 45.2 Å². The van der Waals surface area contributed by atoms with Gasteiger partial charge >= 0.3 is 6.03 Å². The standard InChI is InChI=1S/C26H39N3O4/c1-3-27(18-22-9-11-28(12-10-22)26(30)29-13-15-31-16-14-29)21(2)17-24-19-32-20-25(33-24)23-7-5-4-6-8-23/h4-5,7,19-22H,3,6,8-18H2,1-2H3. The Bertz CT molecular complexity index is 789. The van der Waals surface area contributed by atoms with Crippen LogP contribution >= 0.6 is 0 Å². The van der Waals surface area contributed by atoms with Crippen molar-refractivity contribution >= 4 is 6.03 Å². The lowest BCUT2D eigenvalue weighted by Gasteiger charge is -2.39. The molecule has 0 N–H and O–H groups in total. The van der Waals surface area contributed by atoms with Crippen LogP contribution < -0.4 is 0 Å². The zero-order valence-corrected chi connectivity index (χ0v) is 20.2. The molecule has 3 aliphatic heterocycles. The number of hydrogen-bond acceptors (Lipinski definition) is 5. The van der Waals surface area contributed by atoms with Crippen molar-refractivity contribution < 1.29 is 19.0 Å². The van der Waals surface area contributed by atoms with Crippen LogP contribution in [0.3, 0.4) is 0 Å². The second kappa shape index (κ2) is 11.7. The minimum Gasteiger partial charge on any atom is -0.465 e. The third kappa shape index (κ3) is 6.42. The molecule has 4 rings (SSSR count). The summed E-state index contributed by atoms with van der Waals surface area (Å²) in [5.74, 6) is 2.34. The van der Waals surface area contributed by atoms with Crippen LogP contribution in [0.1, 0.15) is 46.0 Å². The Balaban J connectivity index is 1.23. The molecule has 33 heavy (non-hydrogen) atoms. The van der Waals surface area contributed by atoms with Crippen LogP contribution in [0.5, 0.6) is 0 Å². The summed E-state index contributed by atoms with van der Waals surface area (Å²) in [6, 6.07) is 0.545. The molecule has 7 heteroatoms. The smallest absolute Gasteiger partial charge is 0.320 e. The van der Waals surface area contributed by atoms with Crippen LogP contribution in [0.25, 0.3) is 0 Å². The summed E-state index contributed by atoms with van der Waals surface area (Å²) in [4.78, 5) is 19.3. The highest BCUT2D eigenvalue weighted by Gasteiger charge is 2.29. The fourth-order valence-corrected chi connectivity index (χ4v) is 5.03. The van der Waals surface area contributed by atoms with Gasteiger partial charge in [0.1, 0.15) is 18.3 Å². The lowest BCUT2D eigenvalue weighted by atomic mass is 9.95. The molecule has 2 amide bonds. The van der Waals surface area contributed by atoms with Crippen LogP contribution in [0, 0.1) is 5.92 Å². The van der Waals surface area contributed by atoms with E-state index in [0.29, 0.717) is 38.3 Å². The molecule has 0 aromatic heterocycles. The van der Waals surface area contributed by atoms with Gasteiger partial charge in [0.25, 0.3) is 0 Å². The van der Waals surface area contributed by atoms with Crippen molar-refractivity contribution in [2.45, 2.75) is 52.0 Å². The number of hydrogen-bond donors (Lipinski definition) is 0.